The highest BCUT2D eigenvalue weighted by atomic mass is 16.5. The first-order valence-electron chi connectivity index (χ1n) is 6.95. The van der Waals surface area contributed by atoms with E-state index in [0.29, 0.717) is 24.7 Å². The summed E-state index contributed by atoms with van der Waals surface area (Å²) in [5, 5.41) is 4.04. The third-order valence-electron chi connectivity index (χ3n) is 2.97. The van der Waals surface area contributed by atoms with Gasteiger partial charge >= 0.3 is 0 Å². The second kappa shape index (κ2) is 7.17. The van der Waals surface area contributed by atoms with Crippen molar-refractivity contribution < 1.29 is 9.26 Å². The summed E-state index contributed by atoms with van der Waals surface area (Å²) in [5.74, 6) is 1.18. The maximum Gasteiger partial charge on any atom is 0.226 e. The minimum atomic E-state index is -0.283. The van der Waals surface area contributed by atoms with E-state index in [9.17, 15) is 0 Å². The number of nitrogens with two attached hydrogens (primary N) is 1. The van der Waals surface area contributed by atoms with Gasteiger partial charge in [0.25, 0.3) is 0 Å². The Labute approximate surface area is 119 Å². The maximum atomic E-state index is 5.74. The van der Waals surface area contributed by atoms with E-state index in [1.807, 2.05) is 44.2 Å². The molecule has 2 unspecified atom stereocenters. The third kappa shape index (κ3) is 3.88. The molecule has 2 rings (SSSR count). The predicted octanol–water partition coefficient (Wildman–Crippen LogP) is 2.48. The number of aryl methyl sites for hydroxylation is 1. The SMILES string of the molecule is CCOC(c1ccccc1)c1noc(CCC(C)N)n1. The van der Waals surface area contributed by atoms with Gasteiger partial charge in [0.15, 0.2) is 0 Å². The van der Waals surface area contributed by atoms with Crippen LogP contribution in [0, 0.1) is 0 Å². The topological polar surface area (TPSA) is 74.2 Å². The van der Waals surface area contributed by atoms with Gasteiger partial charge in [-0.1, -0.05) is 35.5 Å². The van der Waals surface area contributed by atoms with Crippen molar-refractivity contribution in [3.8, 4) is 0 Å². The fraction of sp³-hybridized carbons (Fsp3) is 0.467. The Morgan fingerprint density at radius 2 is 2.05 bits per heavy atom. The fourth-order valence-corrected chi connectivity index (χ4v) is 1.94. The van der Waals surface area contributed by atoms with Crippen LogP contribution in [-0.4, -0.2) is 22.8 Å². The van der Waals surface area contributed by atoms with E-state index in [4.69, 9.17) is 15.0 Å². The molecule has 0 saturated carbocycles. The zero-order valence-electron chi connectivity index (χ0n) is 12.0. The van der Waals surface area contributed by atoms with Crippen LogP contribution in [0.1, 0.15) is 43.7 Å². The van der Waals surface area contributed by atoms with Crippen LogP contribution in [-0.2, 0) is 11.2 Å². The average molecular weight is 275 g/mol. The molecule has 2 N–H and O–H groups in total. The van der Waals surface area contributed by atoms with Crippen molar-refractivity contribution in [1.29, 1.82) is 0 Å². The van der Waals surface area contributed by atoms with E-state index >= 15 is 0 Å². The molecular formula is C15H21N3O2. The lowest BCUT2D eigenvalue weighted by Crippen LogP contribution is -2.15. The Balaban J connectivity index is 2.14. The second-order valence-corrected chi connectivity index (χ2v) is 4.81. The first-order chi connectivity index (χ1) is 9.70. The number of hydrogen-bond acceptors (Lipinski definition) is 5. The normalized spacial score (nSPS) is 14.2. The van der Waals surface area contributed by atoms with Gasteiger partial charge in [0.2, 0.25) is 11.7 Å². The van der Waals surface area contributed by atoms with Crippen molar-refractivity contribution in [2.75, 3.05) is 6.61 Å². The van der Waals surface area contributed by atoms with Crippen molar-refractivity contribution in [1.82, 2.24) is 10.1 Å². The summed E-state index contributed by atoms with van der Waals surface area (Å²) in [6, 6.07) is 10.0. The standard InChI is InChI=1S/C15H21N3O2/c1-3-19-14(12-7-5-4-6-8-12)15-17-13(20-18-15)10-9-11(2)16/h4-8,11,14H,3,9-10,16H2,1-2H3. The summed E-state index contributed by atoms with van der Waals surface area (Å²) in [4.78, 5) is 4.42. The van der Waals surface area contributed by atoms with Crippen LogP contribution in [0.3, 0.4) is 0 Å². The Hall–Kier alpha value is -1.72. The Kier molecular flexibility index (Phi) is 5.26. The third-order valence-corrected chi connectivity index (χ3v) is 2.97. The zero-order valence-corrected chi connectivity index (χ0v) is 12.0. The summed E-state index contributed by atoms with van der Waals surface area (Å²) in [6.07, 6.45) is 1.24. The van der Waals surface area contributed by atoms with E-state index in [-0.39, 0.29) is 12.1 Å². The van der Waals surface area contributed by atoms with E-state index in [0.717, 1.165) is 12.0 Å². The summed E-state index contributed by atoms with van der Waals surface area (Å²) in [7, 11) is 0. The highest BCUT2D eigenvalue weighted by Crippen LogP contribution is 2.23. The van der Waals surface area contributed by atoms with Gasteiger partial charge < -0.3 is 15.0 Å². The molecule has 0 radical (unpaired) electrons. The largest absolute Gasteiger partial charge is 0.366 e. The molecule has 0 aliphatic heterocycles. The van der Waals surface area contributed by atoms with E-state index < -0.39 is 0 Å². The Morgan fingerprint density at radius 3 is 2.70 bits per heavy atom. The van der Waals surface area contributed by atoms with Gasteiger partial charge in [-0.05, 0) is 25.8 Å². The summed E-state index contributed by atoms with van der Waals surface area (Å²) < 4.78 is 11.0. The van der Waals surface area contributed by atoms with Gasteiger partial charge in [-0.25, -0.2) is 0 Å². The second-order valence-electron chi connectivity index (χ2n) is 4.81. The number of hydrogen-bond donors (Lipinski definition) is 1. The van der Waals surface area contributed by atoms with Crippen LogP contribution >= 0.6 is 0 Å². The molecule has 108 valence electrons. The van der Waals surface area contributed by atoms with Crippen LogP contribution in [0.25, 0.3) is 0 Å². The monoisotopic (exact) mass is 275 g/mol. The van der Waals surface area contributed by atoms with Crippen molar-refractivity contribution in [3.05, 3.63) is 47.6 Å². The molecule has 1 heterocycles. The molecule has 0 amide bonds. The first kappa shape index (κ1) is 14.7. The van der Waals surface area contributed by atoms with Crippen molar-refractivity contribution in [3.63, 3.8) is 0 Å². The molecule has 0 aliphatic carbocycles. The number of benzene rings is 1. The lowest BCUT2D eigenvalue weighted by molar-refractivity contribution is 0.0833. The molecule has 0 spiro atoms. The van der Waals surface area contributed by atoms with Gasteiger partial charge in [0.1, 0.15) is 6.10 Å². The lowest BCUT2D eigenvalue weighted by atomic mass is 10.1. The molecule has 0 aliphatic rings. The molecule has 5 nitrogen and oxygen atoms in total. The first-order valence-corrected chi connectivity index (χ1v) is 6.95. The van der Waals surface area contributed by atoms with Crippen LogP contribution in [0.2, 0.25) is 0 Å². The quantitative estimate of drug-likeness (QED) is 0.840. The number of ether oxygens (including phenoxy) is 1. The van der Waals surface area contributed by atoms with Crippen LogP contribution in [0.5, 0.6) is 0 Å². The predicted molar refractivity (Wildman–Crippen MR) is 76.2 cm³/mol. The molecule has 2 atom stereocenters. The summed E-state index contributed by atoms with van der Waals surface area (Å²) in [5.41, 5.74) is 6.75. The van der Waals surface area contributed by atoms with E-state index in [2.05, 4.69) is 10.1 Å². The minimum absolute atomic E-state index is 0.127. The highest BCUT2D eigenvalue weighted by Gasteiger charge is 2.20. The van der Waals surface area contributed by atoms with Gasteiger partial charge in [-0.3, -0.25) is 0 Å². The molecule has 20 heavy (non-hydrogen) atoms. The smallest absolute Gasteiger partial charge is 0.226 e. The number of nitrogens with zero attached hydrogens (tertiary/aromatic N) is 2. The zero-order chi connectivity index (χ0) is 14.4. The Bertz CT molecular complexity index is 511. The minimum Gasteiger partial charge on any atom is -0.366 e. The summed E-state index contributed by atoms with van der Waals surface area (Å²) >= 11 is 0. The van der Waals surface area contributed by atoms with Crippen LogP contribution < -0.4 is 5.73 Å². The van der Waals surface area contributed by atoms with Crippen LogP contribution in [0.4, 0.5) is 0 Å². The van der Waals surface area contributed by atoms with Crippen molar-refractivity contribution >= 4 is 0 Å². The van der Waals surface area contributed by atoms with Gasteiger partial charge in [-0.15, -0.1) is 0 Å². The maximum absolute atomic E-state index is 5.74. The van der Waals surface area contributed by atoms with Crippen molar-refractivity contribution in [2.45, 2.75) is 38.8 Å². The van der Waals surface area contributed by atoms with Gasteiger partial charge in [-0.2, -0.15) is 4.98 Å². The van der Waals surface area contributed by atoms with E-state index in [1.165, 1.54) is 0 Å². The highest BCUT2D eigenvalue weighted by molar-refractivity contribution is 5.22. The Morgan fingerprint density at radius 1 is 1.30 bits per heavy atom. The summed E-state index contributed by atoms with van der Waals surface area (Å²) in [6.45, 7) is 4.50. The molecule has 5 heteroatoms. The lowest BCUT2D eigenvalue weighted by Gasteiger charge is -2.13. The molecule has 1 aromatic heterocycles. The molecule has 2 aromatic rings. The molecular weight excluding hydrogens is 254 g/mol. The number of rotatable bonds is 7. The number of aromatic nitrogens is 2. The average Bonchev–Trinajstić information content (AvgIpc) is 2.92. The van der Waals surface area contributed by atoms with E-state index in [1.54, 1.807) is 0 Å². The molecule has 0 saturated heterocycles. The van der Waals surface area contributed by atoms with Gasteiger partial charge in [0, 0.05) is 19.1 Å². The molecule has 0 bridgehead atoms. The van der Waals surface area contributed by atoms with Crippen molar-refractivity contribution in [2.24, 2.45) is 5.73 Å². The van der Waals surface area contributed by atoms with Gasteiger partial charge in [0.05, 0.1) is 0 Å². The fourth-order valence-electron chi connectivity index (χ4n) is 1.94. The molecule has 1 aromatic carbocycles. The molecule has 0 fully saturated rings. The van der Waals surface area contributed by atoms with Crippen LogP contribution in [0.15, 0.2) is 34.9 Å².